The molecular weight excluding hydrogens is 474 g/mol. The Morgan fingerprint density at radius 2 is 1.39 bits per heavy atom. The van der Waals surface area contributed by atoms with E-state index in [4.69, 9.17) is 14.2 Å². The molecule has 186 valence electrons. The number of aromatic nitrogens is 3. The normalized spacial score (nSPS) is 25.5. The molecule has 3 N–H and O–H groups in total. The summed E-state index contributed by atoms with van der Waals surface area (Å²) in [7, 11) is 0. The number of Topliss-reactive ketones (excluding diaryl/α,β-unsaturated/α-hetero) is 1. The maximum absolute atomic E-state index is 13.1. The molecule has 12 heteroatoms. The van der Waals surface area contributed by atoms with Crippen molar-refractivity contribution in [3.05, 3.63) is 90.3 Å². The molecule has 0 radical (unpaired) electrons. The summed E-state index contributed by atoms with van der Waals surface area (Å²) in [5, 5.41) is 32.9. The van der Waals surface area contributed by atoms with Crippen LogP contribution in [0.25, 0.3) is 0 Å². The standard InChI is InChI=1S/C24H21N3O9/c28-18-17(13-34-22(31)15-5-2-8-26-11-15)36-24(33,20(29)14-4-1-7-25-10-14)21(30)19(18)35-23(32)16-6-3-9-27-12-16/h1-12,17-19,21,28,30,33H,13H2/t17-,18-,19+,21-,24-/m1/s1. The lowest BCUT2D eigenvalue weighted by atomic mass is 9.88. The van der Waals surface area contributed by atoms with Gasteiger partial charge >= 0.3 is 11.9 Å². The number of rotatable bonds is 7. The molecule has 12 nitrogen and oxygen atoms in total. The minimum absolute atomic E-state index is 0.00919. The monoisotopic (exact) mass is 495 g/mol. The molecule has 0 aliphatic carbocycles. The quantitative estimate of drug-likeness (QED) is 0.294. The van der Waals surface area contributed by atoms with Gasteiger partial charge in [-0.1, -0.05) is 0 Å². The second-order valence-corrected chi connectivity index (χ2v) is 7.81. The zero-order valence-electron chi connectivity index (χ0n) is 18.6. The number of aliphatic hydroxyl groups excluding tert-OH is 2. The number of esters is 2. The maximum Gasteiger partial charge on any atom is 0.340 e. The lowest BCUT2D eigenvalue weighted by Crippen LogP contribution is -2.69. The van der Waals surface area contributed by atoms with Gasteiger partial charge in [0.15, 0.2) is 12.2 Å². The highest BCUT2D eigenvalue weighted by Gasteiger charge is 2.59. The summed E-state index contributed by atoms with van der Waals surface area (Å²) in [6.45, 7) is -0.662. The van der Waals surface area contributed by atoms with Crippen LogP contribution in [0.3, 0.4) is 0 Å². The van der Waals surface area contributed by atoms with E-state index < -0.39 is 54.5 Å². The van der Waals surface area contributed by atoms with Crippen LogP contribution in [0.1, 0.15) is 31.1 Å². The molecule has 3 aromatic heterocycles. The molecule has 0 saturated carbocycles. The summed E-state index contributed by atoms with van der Waals surface area (Å²) in [5.74, 6) is -5.90. The zero-order valence-corrected chi connectivity index (χ0v) is 18.6. The lowest BCUT2D eigenvalue weighted by molar-refractivity contribution is -0.321. The number of aliphatic hydroxyl groups is 3. The van der Waals surface area contributed by atoms with Crippen LogP contribution in [0.5, 0.6) is 0 Å². The summed E-state index contributed by atoms with van der Waals surface area (Å²) in [4.78, 5) is 49.5. The summed E-state index contributed by atoms with van der Waals surface area (Å²) in [6, 6.07) is 8.55. The van der Waals surface area contributed by atoms with E-state index in [0.717, 1.165) is 6.20 Å². The van der Waals surface area contributed by atoms with E-state index in [1.807, 2.05) is 0 Å². The first-order chi connectivity index (χ1) is 17.3. The van der Waals surface area contributed by atoms with Gasteiger partial charge in [0.25, 0.3) is 5.79 Å². The predicted octanol–water partition coefficient (Wildman–Crippen LogP) is -0.0539. The molecule has 1 aliphatic heterocycles. The van der Waals surface area contributed by atoms with Crippen molar-refractivity contribution in [2.75, 3.05) is 6.61 Å². The van der Waals surface area contributed by atoms with Crippen molar-refractivity contribution >= 4 is 17.7 Å². The van der Waals surface area contributed by atoms with Crippen LogP contribution in [0, 0.1) is 0 Å². The summed E-state index contributed by atoms with van der Waals surface area (Å²) < 4.78 is 15.8. The molecular formula is C24H21N3O9. The Balaban J connectivity index is 1.61. The molecule has 1 saturated heterocycles. The summed E-state index contributed by atoms with van der Waals surface area (Å²) in [6.07, 6.45) is 0.411. The maximum atomic E-state index is 13.1. The van der Waals surface area contributed by atoms with Crippen molar-refractivity contribution < 1.29 is 43.9 Å². The molecule has 0 amide bonds. The highest BCUT2D eigenvalue weighted by molar-refractivity contribution is 6.01. The van der Waals surface area contributed by atoms with Gasteiger partial charge in [-0.25, -0.2) is 9.59 Å². The van der Waals surface area contributed by atoms with E-state index in [1.54, 1.807) is 0 Å². The van der Waals surface area contributed by atoms with Crippen LogP contribution in [-0.4, -0.2) is 84.8 Å². The molecule has 0 bridgehead atoms. The van der Waals surface area contributed by atoms with E-state index in [1.165, 1.54) is 67.4 Å². The Kier molecular flexibility index (Phi) is 7.41. The largest absolute Gasteiger partial charge is 0.459 e. The molecule has 5 atom stereocenters. The average molecular weight is 495 g/mol. The van der Waals surface area contributed by atoms with Gasteiger partial charge in [-0.15, -0.1) is 0 Å². The minimum atomic E-state index is -2.98. The number of carbonyl (C=O) groups is 3. The Labute approximate surface area is 204 Å². The zero-order chi connectivity index (χ0) is 25.7. The third kappa shape index (κ3) is 5.11. The van der Waals surface area contributed by atoms with Crippen molar-refractivity contribution in [2.45, 2.75) is 30.2 Å². The fourth-order valence-corrected chi connectivity index (χ4v) is 3.55. The molecule has 36 heavy (non-hydrogen) atoms. The van der Waals surface area contributed by atoms with Gasteiger partial charge in [0.2, 0.25) is 5.78 Å². The van der Waals surface area contributed by atoms with Gasteiger partial charge in [-0.05, 0) is 36.4 Å². The Morgan fingerprint density at radius 1 is 0.861 bits per heavy atom. The topological polar surface area (TPSA) is 178 Å². The highest BCUT2D eigenvalue weighted by Crippen LogP contribution is 2.33. The minimum Gasteiger partial charge on any atom is -0.459 e. The van der Waals surface area contributed by atoms with Gasteiger partial charge < -0.3 is 29.5 Å². The molecule has 3 aromatic rings. The number of pyridine rings is 3. The first-order valence-corrected chi connectivity index (χ1v) is 10.7. The second kappa shape index (κ2) is 10.7. The van der Waals surface area contributed by atoms with Crippen LogP contribution in [0.2, 0.25) is 0 Å². The van der Waals surface area contributed by atoms with E-state index in [0.29, 0.717) is 0 Å². The molecule has 0 unspecified atom stereocenters. The van der Waals surface area contributed by atoms with E-state index >= 15 is 0 Å². The molecule has 4 rings (SSSR count). The van der Waals surface area contributed by atoms with Crippen LogP contribution < -0.4 is 0 Å². The fourth-order valence-electron chi connectivity index (χ4n) is 3.55. The number of hydrogen-bond donors (Lipinski definition) is 3. The van der Waals surface area contributed by atoms with Crippen LogP contribution in [0.4, 0.5) is 0 Å². The fraction of sp³-hybridized carbons (Fsp3) is 0.250. The number of ether oxygens (including phenoxy) is 3. The second-order valence-electron chi connectivity index (χ2n) is 7.81. The summed E-state index contributed by atoms with van der Waals surface area (Å²) >= 11 is 0. The van der Waals surface area contributed by atoms with E-state index in [9.17, 15) is 29.7 Å². The van der Waals surface area contributed by atoms with Crippen molar-refractivity contribution in [3.63, 3.8) is 0 Å². The van der Waals surface area contributed by atoms with Crippen molar-refractivity contribution in [1.82, 2.24) is 15.0 Å². The molecule has 1 aliphatic rings. The van der Waals surface area contributed by atoms with Crippen LogP contribution >= 0.6 is 0 Å². The highest BCUT2D eigenvalue weighted by atomic mass is 16.7. The van der Waals surface area contributed by atoms with Gasteiger partial charge in [0, 0.05) is 42.7 Å². The molecule has 1 fully saturated rings. The summed E-state index contributed by atoms with van der Waals surface area (Å²) in [5.41, 5.74) is -0.0342. The van der Waals surface area contributed by atoms with Crippen molar-refractivity contribution in [3.8, 4) is 0 Å². The van der Waals surface area contributed by atoms with Crippen molar-refractivity contribution in [2.24, 2.45) is 0 Å². The first kappa shape index (κ1) is 25.0. The third-order valence-corrected chi connectivity index (χ3v) is 5.43. The number of ketones is 1. The Morgan fingerprint density at radius 3 is 1.92 bits per heavy atom. The third-order valence-electron chi connectivity index (χ3n) is 5.43. The van der Waals surface area contributed by atoms with Gasteiger partial charge in [-0.2, -0.15) is 0 Å². The van der Waals surface area contributed by atoms with Crippen molar-refractivity contribution in [1.29, 1.82) is 0 Å². The number of nitrogens with zero attached hydrogens (tertiary/aromatic N) is 3. The molecule has 0 aromatic carbocycles. The average Bonchev–Trinajstić information content (AvgIpc) is 2.93. The van der Waals surface area contributed by atoms with Crippen LogP contribution in [0.15, 0.2) is 73.6 Å². The van der Waals surface area contributed by atoms with Gasteiger partial charge in [0.1, 0.15) is 18.8 Å². The van der Waals surface area contributed by atoms with Crippen LogP contribution in [-0.2, 0) is 14.2 Å². The predicted molar refractivity (Wildman–Crippen MR) is 118 cm³/mol. The molecule has 0 spiro atoms. The SMILES string of the molecule is O=C(OC[C@H]1O[C@](O)(C(=O)c2cccnc2)[C@H](O)[C@@H](OC(=O)c2cccnc2)[C@@H]1O)c1cccnc1. The first-order valence-electron chi connectivity index (χ1n) is 10.7. The molecule has 4 heterocycles. The number of hydrogen-bond acceptors (Lipinski definition) is 12. The van der Waals surface area contributed by atoms with Gasteiger partial charge in [0.05, 0.1) is 11.1 Å². The Bertz CT molecular complexity index is 1210. The van der Waals surface area contributed by atoms with E-state index in [-0.39, 0.29) is 16.7 Å². The van der Waals surface area contributed by atoms with Gasteiger partial charge in [-0.3, -0.25) is 19.7 Å². The number of carbonyl (C=O) groups excluding carboxylic acids is 3. The van der Waals surface area contributed by atoms with E-state index in [2.05, 4.69) is 15.0 Å². The lowest BCUT2D eigenvalue weighted by Gasteiger charge is -2.45. The smallest absolute Gasteiger partial charge is 0.340 e. The Hall–Kier alpha value is -4.10.